The molecule has 1 aliphatic rings. The summed E-state index contributed by atoms with van der Waals surface area (Å²) >= 11 is 0. The number of carbonyl (C=O) groups is 1. The summed E-state index contributed by atoms with van der Waals surface area (Å²) in [4.78, 5) is 15.4. The van der Waals surface area contributed by atoms with E-state index < -0.39 is 0 Å². The minimum Gasteiger partial charge on any atom is -0.466 e. The van der Waals surface area contributed by atoms with E-state index in [2.05, 4.69) is 21.1 Å². The van der Waals surface area contributed by atoms with Gasteiger partial charge in [-0.05, 0) is 30.7 Å². The highest BCUT2D eigenvalue weighted by Crippen LogP contribution is 2.12. The number of hydrogen-bond donors (Lipinski definition) is 1. The van der Waals surface area contributed by atoms with E-state index in [1.807, 2.05) is 6.07 Å². The molecule has 1 aromatic heterocycles. The third kappa shape index (κ3) is 3.54. The fourth-order valence-corrected chi connectivity index (χ4v) is 1.67. The molecule has 0 aromatic carbocycles. The average molecular weight is 255 g/mol. The predicted octanol–water partition coefficient (Wildman–Crippen LogP) is 1.34. The molecule has 0 unspecified atom stereocenters. The molecule has 92 valence electrons. The van der Waals surface area contributed by atoms with Gasteiger partial charge in [-0.2, -0.15) is 0 Å². The first-order valence-electron chi connectivity index (χ1n) is 5.25. The van der Waals surface area contributed by atoms with Crippen LogP contribution in [0.25, 0.3) is 6.08 Å². The number of fused-ring (bicyclic) bond motifs is 1. The standard InChI is InChI=1S/C12H14N2O2.ClH/c1-16-12(15)5-4-10-3-2-9-6-7-13-8-11(9)14-10;/h2-5,13H,6-8H2,1H3;1H/b5-4+;. The van der Waals surface area contributed by atoms with Gasteiger partial charge in [-0.25, -0.2) is 4.79 Å². The summed E-state index contributed by atoms with van der Waals surface area (Å²) in [5, 5.41) is 3.27. The summed E-state index contributed by atoms with van der Waals surface area (Å²) in [5.74, 6) is -0.363. The van der Waals surface area contributed by atoms with E-state index in [-0.39, 0.29) is 18.4 Å². The first-order valence-corrected chi connectivity index (χ1v) is 5.25. The Morgan fingerprint density at radius 1 is 1.53 bits per heavy atom. The molecule has 0 spiro atoms. The van der Waals surface area contributed by atoms with E-state index in [1.54, 1.807) is 6.08 Å². The third-order valence-electron chi connectivity index (χ3n) is 2.54. The maximum atomic E-state index is 10.9. The van der Waals surface area contributed by atoms with Gasteiger partial charge in [-0.1, -0.05) is 6.07 Å². The summed E-state index contributed by atoms with van der Waals surface area (Å²) in [6, 6.07) is 3.99. The SMILES string of the molecule is COC(=O)/C=C/c1ccc2c(n1)CNCC2.Cl. The van der Waals surface area contributed by atoms with E-state index in [0.717, 1.165) is 30.9 Å². The lowest BCUT2D eigenvalue weighted by atomic mass is 10.1. The van der Waals surface area contributed by atoms with Crippen molar-refractivity contribution in [3.05, 3.63) is 35.2 Å². The zero-order valence-electron chi connectivity index (χ0n) is 9.60. The molecule has 5 heteroatoms. The lowest BCUT2D eigenvalue weighted by Crippen LogP contribution is -2.24. The maximum Gasteiger partial charge on any atom is 0.330 e. The van der Waals surface area contributed by atoms with Crippen LogP contribution in [0.3, 0.4) is 0 Å². The van der Waals surface area contributed by atoms with Crippen molar-refractivity contribution in [3.63, 3.8) is 0 Å². The van der Waals surface area contributed by atoms with Gasteiger partial charge in [-0.15, -0.1) is 12.4 Å². The molecule has 1 N–H and O–H groups in total. The number of hydrogen-bond acceptors (Lipinski definition) is 4. The molecule has 0 bridgehead atoms. The van der Waals surface area contributed by atoms with Crippen molar-refractivity contribution >= 4 is 24.5 Å². The molecule has 0 atom stereocenters. The van der Waals surface area contributed by atoms with Gasteiger partial charge in [0, 0.05) is 12.6 Å². The number of ether oxygens (including phenoxy) is 1. The molecule has 17 heavy (non-hydrogen) atoms. The number of esters is 1. The van der Waals surface area contributed by atoms with Gasteiger partial charge >= 0.3 is 5.97 Å². The average Bonchev–Trinajstić information content (AvgIpc) is 2.35. The van der Waals surface area contributed by atoms with E-state index >= 15 is 0 Å². The lowest BCUT2D eigenvalue weighted by molar-refractivity contribution is -0.134. The second-order valence-electron chi connectivity index (χ2n) is 3.63. The normalized spacial score (nSPS) is 13.9. The molecule has 0 fully saturated rings. The van der Waals surface area contributed by atoms with Gasteiger partial charge in [0.1, 0.15) is 0 Å². The van der Waals surface area contributed by atoms with Crippen molar-refractivity contribution in [2.24, 2.45) is 0 Å². The number of carbonyl (C=O) groups excluding carboxylic acids is 1. The van der Waals surface area contributed by atoms with Gasteiger partial charge < -0.3 is 10.1 Å². The summed E-state index contributed by atoms with van der Waals surface area (Å²) in [5.41, 5.74) is 3.14. The van der Waals surface area contributed by atoms with Crippen LogP contribution >= 0.6 is 12.4 Å². The quantitative estimate of drug-likeness (QED) is 0.639. The minimum atomic E-state index is -0.363. The van der Waals surface area contributed by atoms with Crippen LogP contribution < -0.4 is 5.32 Å². The second kappa shape index (κ2) is 6.37. The molecule has 2 rings (SSSR count). The molecule has 0 radical (unpaired) electrons. The third-order valence-corrected chi connectivity index (χ3v) is 2.54. The van der Waals surface area contributed by atoms with E-state index in [4.69, 9.17) is 0 Å². The highest BCUT2D eigenvalue weighted by Gasteiger charge is 2.09. The Bertz CT molecular complexity index is 433. The van der Waals surface area contributed by atoms with Crippen LogP contribution in [0.4, 0.5) is 0 Å². The van der Waals surface area contributed by atoms with Crippen molar-refractivity contribution in [1.82, 2.24) is 10.3 Å². The molecule has 4 nitrogen and oxygen atoms in total. The van der Waals surface area contributed by atoms with Crippen LogP contribution in [0.1, 0.15) is 17.0 Å². The Hall–Kier alpha value is -1.39. The number of aromatic nitrogens is 1. The topological polar surface area (TPSA) is 51.2 Å². The van der Waals surface area contributed by atoms with Crippen molar-refractivity contribution in [2.45, 2.75) is 13.0 Å². The number of nitrogens with zero attached hydrogens (tertiary/aromatic N) is 1. The molecular formula is C12H15ClN2O2. The largest absolute Gasteiger partial charge is 0.466 e. The smallest absolute Gasteiger partial charge is 0.330 e. The van der Waals surface area contributed by atoms with E-state index in [9.17, 15) is 4.79 Å². The Kier molecular flexibility index (Phi) is 5.12. The zero-order chi connectivity index (χ0) is 11.4. The molecule has 1 aliphatic heterocycles. The zero-order valence-corrected chi connectivity index (χ0v) is 10.4. The van der Waals surface area contributed by atoms with Crippen molar-refractivity contribution < 1.29 is 9.53 Å². The molecule has 0 aliphatic carbocycles. The first-order chi connectivity index (χ1) is 7.79. The molecule has 2 heterocycles. The highest BCUT2D eigenvalue weighted by atomic mass is 35.5. The van der Waals surface area contributed by atoms with Gasteiger partial charge in [0.2, 0.25) is 0 Å². The van der Waals surface area contributed by atoms with Crippen LogP contribution in [0, 0.1) is 0 Å². The fourth-order valence-electron chi connectivity index (χ4n) is 1.67. The van der Waals surface area contributed by atoms with Crippen LogP contribution in [0.15, 0.2) is 18.2 Å². The predicted molar refractivity (Wildman–Crippen MR) is 67.9 cm³/mol. The molecule has 0 amide bonds. The number of nitrogens with one attached hydrogen (secondary N) is 1. The summed E-state index contributed by atoms with van der Waals surface area (Å²) in [6.45, 7) is 1.81. The molecule has 0 saturated carbocycles. The van der Waals surface area contributed by atoms with Crippen LogP contribution in [0.2, 0.25) is 0 Å². The minimum absolute atomic E-state index is 0. The first kappa shape index (κ1) is 13.7. The van der Waals surface area contributed by atoms with Gasteiger partial charge in [-0.3, -0.25) is 4.98 Å². The van der Waals surface area contributed by atoms with Crippen molar-refractivity contribution in [2.75, 3.05) is 13.7 Å². The van der Waals surface area contributed by atoms with Crippen molar-refractivity contribution in [1.29, 1.82) is 0 Å². The Balaban J connectivity index is 0.00000144. The summed E-state index contributed by atoms with van der Waals surface area (Å²) in [7, 11) is 1.36. The number of halogens is 1. The van der Waals surface area contributed by atoms with Crippen molar-refractivity contribution in [3.8, 4) is 0 Å². The second-order valence-corrected chi connectivity index (χ2v) is 3.63. The monoisotopic (exact) mass is 254 g/mol. The highest BCUT2D eigenvalue weighted by molar-refractivity contribution is 5.86. The maximum absolute atomic E-state index is 10.9. The lowest BCUT2D eigenvalue weighted by Gasteiger charge is -2.15. The van der Waals surface area contributed by atoms with Gasteiger partial charge in [0.05, 0.1) is 18.5 Å². The summed E-state index contributed by atoms with van der Waals surface area (Å²) in [6.07, 6.45) is 4.06. The van der Waals surface area contributed by atoms with Crippen LogP contribution in [-0.2, 0) is 22.5 Å². The molecule has 0 saturated heterocycles. The number of methoxy groups -OCH3 is 1. The number of pyridine rings is 1. The van der Waals surface area contributed by atoms with Crippen LogP contribution in [0.5, 0.6) is 0 Å². The Morgan fingerprint density at radius 3 is 3.12 bits per heavy atom. The molecule has 1 aromatic rings. The van der Waals surface area contributed by atoms with E-state index in [1.165, 1.54) is 18.7 Å². The number of rotatable bonds is 2. The van der Waals surface area contributed by atoms with E-state index in [0.29, 0.717) is 0 Å². The van der Waals surface area contributed by atoms with Gasteiger partial charge in [0.25, 0.3) is 0 Å². The van der Waals surface area contributed by atoms with Crippen LogP contribution in [-0.4, -0.2) is 24.6 Å². The fraction of sp³-hybridized carbons (Fsp3) is 0.333. The summed E-state index contributed by atoms with van der Waals surface area (Å²) < 4.78 is 4.52. The van der Waals surface area contributed by atoms with Gasteiger partial charge in [0.15, 0.2) is 0 Å². The molecular weight excluding hydrogens is 240 g/mol. The Labute approximate surface area is 106 Å². The Morgan fingerprint density at radius 2 is 2.35 bits per heavy atom.